The smallest absolute Gasteiger partial charge is 0.390 e. The molecule has 4 rings (SSSR count). The summed E-state index contributed by atoms with van der Waals surface area (Å²) in [6, 6.07) is 1.02. The van der Waals surface area contributed by atoms with Gasteiger partial charge in [0.2, 0.25) is 5.95 Å². The quantitative estimate of drug-likeness (QED) is 0.489. The molecule has 0 radical (unpaired) electrons. The molecule has 1 aliphatic rings. The number of hydrogen-bond acceptors (Lipinski definition) is 8. The van der Waals surface area contributed by atoms with Gasteiger partial charge >= 0.3 is 6.18 Å². The van der Waals surface area contributed by atoms with E-state index in [0.717, 1.165) is 11.5 Å². The van der Waals surface area contributed by atoms with E-state index in [1.807, 2.05) is 0 Å². The molecule has 3 aromatic heterocycles. The molecule has 0 bridgehead atoms. The molecule has 1 fully saturated rings. The van der Waals surface area contributed by atoms with E-state index in [2.05, 4.69) is 25.3 Å². The molecule has 3 N–H and O–H groups in total. The van der Waals surface area contributed by atoms with Gasteiger partial charge in [-0.25, -0.2) is 19.3 Å². The monoisotopic (exact) mass is 469 g/mol. The highest BCUT2D eigenvalue weighted by Crippen LogP contribution is 2.36. The van der Waals surface area contributed by atoms with E-state index in [1.165, 1.54) is 31.5 Å². The number of rotatable bonds is 5. The van der Waals surface area contributed by atoms with Crippen LogP contribution in [0.2, 0.25) is 0 Å². The Morgan fingerprint density at radius 2 is 1.94 bits per heavy atom. The molecule has 2 unspecified atom stereocenters. The number of anilines is 3. The number of fused-ring (bicyclic) bond motifs is 1. The minimum atomic E-state index is -4.55. The first-order valence-electron chi connectivity index (χ1n) is 10.3. The van der Waals surface area contributed by atoms with E-state index in [-0.39, 0.29) is 41.6 Å². The fourth-order valence-corrected chi connectivity index (χ4v) is 3.71. The van der Waals surface area contributed by atoms with Crippen molar-refractivity contribution in [2.45, 2.75) is 50.9 Å². The van der Waals surface area contributed by atoms with Gasteiger partial charge in [0.05, 0.1) is 24.4 Å². The van der Waals surface area contributed by atoms with Crippen LogP contribution >= 0.6 is 0 Å². The van der Waals surface area contributed by atoms with Gasteiger partial charge in [-0.1, -0.05) is 0 Å². The Hall–Kier alpha value is -3.06. The van der Waals surface area contributed by atoms with Crippen molar-refractivity contribution in [2.24, 2.45) is 0 Å². The van der Waals surface area contributed by atoms with Crippen LogP contribution in [-0.4, -0.2) is 66.3 Å². The van der Waals surface area contributed by atoms with Crippen LogP contribution in [0.4, 0.5) is 35.1 Å². The van der Waals surface area contributed by atoms with E-state index in [0.29, 0.717) is 12.4 Å². The summed E-state index contributed by atoms with van der Waals surface area (Å²) >= 11 is 0. The third-order valence-corrected chi connectivity index (χ3v) is 5.53. The summed E-state index contributed by atoms with van der Waals surface area (Å²) in [6.07, 6.45) is -5.19. The summed E-state index contributed by atoms with van der Waals surface area (Å²) in [6.45, 7) is 2.67. The average molecular weight is 469 g/mol. The van der Waals surface area contributed by atoms with E-state index in [1.54, 1.807) is 4.90 Å². The average Bonchev–Trinajstić information content (AvgIpc) is 3.13. The highest BCUT2D eigenvalue weighted by atomic mass is 19.4. The van der Waals surface area contributed by atoms with Crippen molar-refractivity contribution in [2.75, 3.05) is 23.3 Å². The molecular formula is C20H23F4N7O2. The third kappa shape index (κ3) is 4.69. The van der Waals surface area contributed by atoms with Crippen LogP contribution in [0.25, 0.3) is 11.0 Å². The number of hydrogen-bond donors (Lipinski definition) is 3. The van der Waals surface area contributed by atoms with Gasteiger partial charge < -0.3 is 25.0 Å². The van der Waals surface area contributed by atoms with Gasteiger partial charge in [0.1, 0.15) is 41.3 Å². The Labute approximate surface area is 186 Å². The van der Waals surface area contributed by atoms with Crippen molar-refractivity contribution in [3.05, 3.63) is 30.4 Å². The number of aliphatic hydroxyl groups is 2. The van der Waals surface area contributed by atoms with Crippen LogP contribution in [0.3, 0.4) is 0 Å². The number of pyridine rings is 1. The molecule has 1 aliphatic heterocycles. The molecule has 0 amide bonds. The zero-order chi connectivity index (χ0) is 23.9. The Morgan fingerprint density at radius 1 is 1.18 bits per heavy atom. The zero-order valence-corrected chi connectivity index (χ0v) is 17.8. The summed E-state index contributed by atoms with van der Waals surface area (Å²) in [5.41, 5.74) is 0.351. The minimum Gasteiger partial charge on any atom is -0.390 e. The molecule has 0 aromatic carbocycles. The highest BCUT2D eigenvalue weighted by Gasteiger charge is 2.40. The minimum absolute atomic E-state index is 0.0501. The van der Waals surface area contributed by atoms with Gasteiger partial charge in [-0.15, -0.1) is 0 Å². The lowest BCUT2D eigenvalue weighted by Gasteiger charge is -2.32. The number of nitrogens with one attached hydrogen (secondary N) is 1. The Morgan fingerprint density at radius 3 is 2.61 bits per heavy atom. The second-order valence-corrected chi connectivity index (χ2v) is 7.98. The normalized spacial score (nSPS) is 21.3. The van der Waals surface area contributed by atoms with Gasteiger partial charge in [-0.05, 0) is 26.3 Å². The summed E-state index contributed by atoms with van der Waals surface area (Å²) in [5.74, 6) is 0.644. The number of imidazole rings is 1. The fourth-order valence-electron chi connectivity index (χ4n) is 3.71. The van der Waals surface area contributed by atoms with Crippen LogP contribution in [-0.2, 0) is 0 Å². The molecule has 13 heteroatoms. The Bertz CT molecular complexity index is 1140. The maximum atomic E-state index is 13.9. The first-order chi connectivity index (χ1) is 15.5. The van der Waals surface area contributed by atoms with Gasteiger partial charge in [0.25, 0.3) is 0 Å². The molecule has 33 heavy (non-hydrogen) atoms. The van der Waals surface area contributed by atoms with Gasteiger partial charge in [-0.3, -0.25) is 0 Å². The van der Waals surface area contributed by atoms with E-state index < -0.39 is 30.6 Å². The molecule has 3 aromatic rings. The molecular weight excluding hydrogens is 446 g/mol. The maximum Gasteiger partial charge on any atom is 0.408 e. The lowest BCUT2D eigenvalue weighted by molar-refractivity contribution is -0.163. The standard InChI is InChI=1S/C20H23F4N7O2/c1-10(32)18-27-13-8-26-17(7-14(13)31(18)11(2)20(22,23)24)28-16-3-5-25-19(29-16)30-6-4-15(33)12(21)9-30/h3,5,7-8,10-12,15,32-33H,4,6,9H2,1-2H3,(H,25,26,28,29)/t10?,11?,12-,15+/m1/s1. The van der Waals surface area contributed by atoms with Gasteiger partial charge in [0, 0.05) is 18.8 Å². The van der Waals surface area contributed by atoms with E-state index in [4.69, 9.17) is 0 Å². The van der Waals surface area contributed by atoms with Crippen molar-refractivity contribution in [1.82, 2.24) is 24.5 Å². The topological polar surface area (TPSA) is 112 Å². The fraction of sp³-hybridized carbons (Fsp3) is 0.500. The summed E-state index contributed by atoms with van der Waals surface area (Å²) < 4.78 is 55.3. The van der Waals surface area contributed by atoms with Crippen molar-refractivity contribution < 1.29 is 27.8 Å². The lowest BCUT2D eigenvalue weighted by Crippen LogP contribution is -2.45. The molecule has 0 saturated carbocycles. The van der Waals surface area contributed by atoms with Crippen LogP contribution < -0.4 is 10.2 Å². The second-order valence-electron chi connectivity index (χ2n) is 7.98. The third-order valence-electron chi connectivity index (χ3n) is 5.53. The SMILES string of the molecule is CC(O)c1nc2cnc(Nc3ccnc(N4CC[C@H](O)[C@H](F)C4)n3)cc2n1C(C)C(F)(F)F. The Balaban J connectivity index is 1.65. The van der Waals surface area contributed by atoms with Gasteiger partial charge in [0.15, 0.2) is 0 Å². The molecule has 4 atom stereocenters. The highest BCUT2D eigenvalue weighted by molar-refractivity contribution is 5.79. The van der Waals surface area contributed by atoms with Crippen molar-refractivity contribution in [3.63, 3.8) is 0 Å². The molecule has 4 heterocycles. The summed E-state index contributed by atoms with van der Waals surface area (Å²) in [7, 11) is 0. The number of aliphatic hydroxyl groups excluding tert-OH is 2. The first-order valence-corrected chi connectivity index (χ1v) is 10.3. The number of alkyl halides is 4. The van der Waals surface area contributed by atoms with Gasteiger partial charge in [-0.2, -0.15) is 18.2 Å². The lowest BCUT2D eigenvalue weighted by atomic mass is 10.1. The molecule has 9 nitrogen and oxygen atoms in total. The molecule has 1 saturated heterocycles. The Kier molecular flexibility index (Phi) is 6.10. The van der Waals surface area contributed by atoms with E-state index in [9.17, 15) is 27.8 Å². The summed E-state index contributed by atoms with van der Waals surface area (Å²) in [4.78, 5) is 18.4. The predicted octanol–water partition coefficient (Wildman–Crippen LogP) is 3.05. The van der Waals surface area contributed by atoms with Crippen LogP contribution in [0.15, 0.2) is 24.5 Å². The predicted molar refractivity (Wildman–Crippen MR) is 112 cm³/mol. The van der Waals surface area contributed by atoms with E-state index >= 15 is 0 Å². The van der Waals surface area contributed by atoms with Crippen LogP contribution in [0.1, 0.15) is 38.2 Å². The van der Waals surface area contributed by atoms with Crippen molar-refractivity contribution in [3.8, 4) is 0 Å². The number of halogens is 4. The summed E-state index contributed by atoms with van der Waals surface area (Å²) in [5, 5.41) is 22.5. The molecule has 178 valence electrons. The number of aromatic nitrogens is 5. The first kappa shape index (κ1) is 23.1. The molecule has 0 aliphatic carbocycles. The van der Waals surface area contributed by atoms with Crippen molar-refractivity contribution in [1.29, 1.82) is 0 Å². The largest absolute Gasteiger partial charge is 0.408 e. The van der Waals surface area contributed by atoms with Crippen molar-refractivity contribution >= 4 is 28.6 Å². The second kappa shape index (κ2) is 8.71. The maximum absolute atomic E-state index is 13.9. The van der Waals surface area contributed by atoms with Crippen LogP contribution in [0.5, 0.6) is 0 Å². The zero-order valence-electron chi connectivity index (χ0n) is 17.8. The molecule has 0 spiro atoms. The number of piperidine rings is 1. The number of nitrogens with zero attached hydrogens (tertiary/aromatic N) is 6. The van der Waals surface area contributed by atoms with Crippen LogP contribution in [0, 0.1) is 0 Å².